The number of carboxylic acids is 1. The first-order chi connectivity index (χ1) is 7.07. The van der Waals surface area contributed by atoms with Crippen LogP contribution < -0.4 is 0 Å². The predicted octanol–water partition coefficient (Wildman–Crippen LogP) is 3.55. The van der Waals surface area contributed by atoms with Gasteiger partial charge in [-0.05, 0) is 17.5 Å². The first kappa shape index (κ1) is 12.1. The fraction of sp³-hybridized carbons (Fsp3) is 0.417. The molecule has 0 amide bonds. The Bertz CT molecular complexity index is 349. The van der Waals surface area contributed by atoms with E-state index in [-0.39, 0.29) is 5.92 Å². The van der Waals surface area contributed by atoms with E-state index in [4.69, 9.17) is 11.6 Å². The van der Waals surface area contributed by atoms with Crippen LogP contribution in [0.4, 0.5) is 0 Å². The Kier molecular flexibility index (Phi) is 4.15. The van der Waals surface area contributed by atoms with Gasteiger partial charge in [0.15, 0.2) is 0 Å². The van der Waals surface area contributed by atoms with Gasteiger partial charge in [-0.25, -0.2) is 0 Å². The van der Waals surface area contributed by atoms with Gasteiger partial charge in [0, 0.05) is 5.02 Å². The molecule has 1 N–H and O–H groups in total. The Labute approximate surface area is 94.9 Å². The number of halogens is 1. The van der Waals surface area contributed by atoms with E-state index in [0.717, 1.165) is 6.42 Å². The minimum Gasteiger partial charge on any atom is -0.481 e. The first-order valence-electron chi connectivity index (χ1n) is 5.05. The van der Waals surface area contributed by atoms with E-state index in [1.807, 2.05) is 19.9 Å². The number of hydrogen-bond acceptors (Lipinski definition) is 1. The third-order valence-corrected chi connectivity index (χ3v) is 3.06. The zero-order valence-corrected chi connectivity index (χ0v) is 9.66. The average Bonchev–Trinajstić information content (AvgIpc) is 2.20. The molecule has 0 aliphatic rings. The summed E-state index contributed by atoms with van der Waals surface area (Å²) in [7, 11) is 0. The fourth-order valence-electron chi connectivity index (χ4n) is 1.65. The SMILES string of the molecule is CCC(C)C(C(=O)O)c1ccccc1Cl. The molecule has 0 aliphatic heterocycles. The van der Waals surface area contributed by atoms with Crippen molar-refractivity contribution in [3.05, 3.63) is 34.9 Å². The molecule has 1 rings (SSSR count). The maximum atomic E-state index is 11.2. The standard InChI is InChI=1S/C12H15ClO2/c1-3-8(2)11(12(14)15)9-6-4-5-7-10(9)13/h4-8,11H,3H2,1-2H3,(H,14,15). The Morgan fingerprint density at radius 2 is 2.07 bits per heavy atom. The van der Waals surface area contributed by atoms with E-state index in [9.17, 15) is 9.90 Å². The highest BCUT2D eigenvalue weighted by atomic mass is 35.5. The van der Waals surface area contributed by atoms with Crippen LogP contribution in [0.15, 0.2) is 24.3 Å². The summed E-state index contributed by atoms with van der Waals surface area (Å²) in [5.74, 6) is -1.23. The molecule has 15 heavy (non-hydrogen) atoms. The van der Waals surface area contributed by atoms with E-state index in [1.54, 1.807) is 18.2 Å². The molecular weight excluding hydrogens is 212 g/mol. The summed E-state index contributed by atoms with van der Waals surface area (Å²) >= 11 is 6.00. The summed E-state index contributed by atoms with van der Waals surface area (Å²) < 4.78 is 0. The molecule has 0 heterocycles. The molecule has 1 aromatic rings. The monoisotopic (exact) mass is 226 g/mol. The normalized spacial score (nSPS) is 14.6. The summed E-state index contributed by atoms with van der Waals surface area (Å²) in [6.07, 6.45) is 0.822. The lowest BCUT2D eigenvalue weighted by Crippen LogP contribution is -2.19. The summed E-state index contributed by atoms with van der Waals surface area (Å²) in [4.78, 5) is 11.2. The van der Waals surface area contributed by atoms with E-state index in [2.05, 4.69) is 0 Å². The second-order valence-corrected chi connectivity index (χ2v) is 4.13. The number of hydrogen-bond donors (Lipinski definition) is 1. The summed E-state index contributed by atoms with van der Waals surface area (Å²) in [6.45, 7) is 3.92. The van der Waals surface area contributed by atoms with Gasteiger partial charge in [-0.15, -0.1) is 0 Å². The van der Waals surface area contributed by atoms with Crippen LogP contribution in [0.3, 0.4) is 0 Å². The molecule has 0 bridgehead atoms. The lowest BCUT2D eigenvalue weighted by atomic mass is 9.86. The fourth-order valence-corrected chi connectivity index (χ4v) is 1.90. The molecule has 0 aromatic heterocycles. The van der Waals surface area contributed by atoms with E-state index < -0.39 is 11.9 Å². The highest BCUT2D eigenvalue weighted by molar-refractivity contribution is 6.31. The van der Waals surface area contributed by atoms with Crippen LogP contribution in [0.25, 0.3) is 0 Å². The second kappa shape index (κ2) is 5.17. The van der Waals surface area contributed by atoms with E-state index in [1.165, 1.54) is 0 Å². The highest BCUT2D eigenvalue weighted by Crippen LogP contribution is 2.31. The zero-order chi connectivity index (χ0) is 11.4. The van der Waals surface area contributed by atoms with Gasteiger partial charge in [-0.1, -0.05) is 50.1 Å². The lowest BCUT2D eigenvalue weighted by Gasteiger charge is -2.19. The quantitative estimate of drug-likeness (QED) is 0.853. The van der Waals surface area contributed by atoms with Crippen LogP contribution in [0, 0.1) is 5.92 Å². The van der Waals surface area contributed by atoms with Gasteiger partial charge in [-0.3, -0.25) is 4.79 Å². The second-order valence-electron chi connectivity index (χ2n) is 3.72. The van der Waals surface area contributed by atoms with Crippen molar-refractivity contribution < 1.29 is 9.90 Å². The van der Waals surface area contributed by atoms with Gasteiger partial charge in [0.2, 0.25) is 0 Å². The Morgan fingerprint density at radius 3 is 2.53 bits per heavy atom. The van der Waals surface area contributed by atoms with Crippen molar-refractivity contribution >= 4 is 17.6 Å². The van der Waals surface area contributed by atoms with Crippen molar-refractivity contribution in [3.8, 4) is 0 Å². The van der Waals surface area contributed by atoms with Crippen LogP contribution in [-0.4, -0.2) is 11.1 Å². The smallest absolute Gasteiger partial charge is 0.311 e. The molecule has 2 unspecified atom stereocenters. The summed E-state index contributed by atoms with van der Waals surface area (Å²) in [5.41, 5.74) is 0.709. The van der Waals surface area contributed by atoms with Crippen molar-refractivity contribution in [2.24, 2.45) is 5.92 Å². The van der Waals surface area contributed by atoms with Crippen molar-refractivity contribution in [2.75, 3.05) is 0 Å². The summed E-state index contributed by atoms with van der Waals surface area (Å²) in [5, 5.41) is 9.73. The number of benzene rings is 1. The lowest BCUT2D eigenvalue weighted by molar-refractivity contribution is -0.140. The van der Waals surface area contributed by atoms with Crippen molar-refractivity contribution in [1.29, 1.82) is 0 Å². The molecule has 0 spiro atoms. The Hall–Kier alpha value is -1.02. The maximum absolute atomic E-state index is 11.2. The van der Waals surface area contributed by atoms with E-state index in [0.29, 0.717) is 10.6 Å². The van der Waals surface area contributed by atoms with Crippen LogP contribution in [0.1, 0.15) is 31.7 Å². The van der Waals surface area contributed by atoms with Gasteiger partial charge >= 0.3 is 5.97 Å². The third-order valence-electron chi connectivity index (χ3n) is 2.72. The number of carbonyl (C=O) groups is 1. The first-order valence-corrected chi connectivity index (χ1v) is 5.43. The molecule has 2 nitrogen and oxygen atoms in total. The Balaban J connectivity index is 3.10. The molecule has 0 fully saturated rings. The highest BCUT2D eigenvalue weighted by Gasteiger charge is 2.26. The predicted molar refractivity (Wildman–Crippen MR) is 61.3 cm³/mol. The third kappa shape index (κ3) is 2.72. The van der Waals surface area contributed by atoms with Crippen LogP contribution in [0.5, 0.6) is 0 Å². The maximum Gasteiger partial charge on any atom is 0.311 e. The van der Waals surface area contributed by atoms with Gasteiger partial charge in [0.05, 0.1) is 5.92 Å². The molecular formula is C12H15ClO2. The molecule has 3 heteroatoms. The van der Waals surface area contributed by atoms with Crippen LogP contribution >= 0.6 is 11.6 Å². The molecule has 0 saturated heterocycles. The van der Waals surface area contributed by atoms with Gasteiger partial charge in [0.1, 0.15) is 0 Å². The number of aliphatic carboxylic acids is 1. The van der Waals surface area contributed by atoms with Crippen LogP contribution in [0.2, 0.25) is 5.02 Å². The molecule has 0 aliphatic carbocycles. The minimum atomic E-state index is -0.808. The summed E-state index contributed by atoms with van der Waals surface area (Å²) in [6, 6.07) is 7.14. The molecule has 0 radical (unpaired) electrons. The van der Waals surface area contributed by atoms with Gasteiger partial charge < -0.3 is 5.11 Å². The van der Waals surface area contributed by atoms with Crippen molar-refractivity contribution in [3.63, 3.8) is 0 Å². The zero-order valence-electron chi connectivity index (χ0n) is 8.90. The van der Waals surface area contributed by atoms with Crippen LogP contribution in [-0.2, 0) is 4.79 Å². The molecule has 2 atom stereocenters. The van der Waals surface area contributed by atoms with Gasteiger partial charge in [-0.2, -0.15) is 0 Å². The van der Waals surface area contributed by atoms with Crippen molar-refractivity contribution in [2.45, 2.75) is 26.2 Å². The molecule has 1 aromatic carbocycles. The number of rotatable bonds is 4. The minimum absolute atomic E-state index is 0.0856. The van der Waals surface area contributed by atoms with E-state index >= 15 is 0 Å². The average molecular weight is 227 g/mol. The Morgan fingerprint density at radius 1 is 1.47 bits per heavy atom. The molecule has 0 saturated carbocycles. The topological polar surface area (TPSA) is 37.3 Å². The van der Waals surface area contributed by atoms with Gasteiger partial charge in [0.25, 0.3) is 0 Å². The molecule has 82 valence electrons. The van der Waals surface area contributed by atoms with Crippen molar-refractivity contribution in [1.82, 2.24) is 0 Å². The largest absolute Gasteiger partial charge is 0.481 e. The number of carboxylic acid groups (broad SMARTS) is 1.